The summed E-state index contributed by atoms with van der Waals surface area (Å²) in [5, 5.41) is 0. The summed E-state index contributed by atoms with van der Waals surface area (Å²) in [4.78, 5) is 7.39. The zero-order valence-corrected chi connectivity index (χ0v) is 9.37. The molecule has 0 saturated carbocycles. The molecule has 1 aromatic carbocycles. The molecular formula is C11H8F4N4. The van der Waals surface area contributed by atoms with Gasteiger partial charge in [-0.2, -0.15) is 18.2 Å². The van der Waals surface area contributed by atoms with Crippen molar-refractivity contribution in [2.24, 2.45) is 0 Å². The summed E-state index contributed by atoms with van der Waals surface area (Å²) < 4.78 is 50.6. The molecule has 0 spiro atoms. The van der Waals surface area contributed by atoms with Crippen molar-refractivity contribution in [1.82, 2.24) is 9.97 Å². The van der Waals surface area contributed by atoms with Gasteiger partial charge in [-0.05, 0) is 12.1 Å². The Balaban J connectivity index is 2.50. The van der Waals surface area contributed by atoms with Gasteiger partial charge in [-0.3, -0.25) is 0 Å². The summed E-state index contributed by atoms with van der Waals surface area (Å²) in [6, 6.07) is 3.74. The molecular weight excluding hydrogens is 264 g/mol. The van der Waals surface area contributed by atoms with Crippen molar-refractivity contribution in [2.45, 2.75) is 6.18 Å². The number of halogens is 4. The molecule has 1 heterocycles. The predicted octanol–water partition coefficient (Wildman–Crippen LogP) is 2.47. The lowest BCUT2D eigenvalue weighted by Gasteiger charge is -2.09. The van der Waals surface area contributed by atoms with Crippen LogP contribution in [0.15, 0.2) is 24.3 Å². The zero-order chi connectivity index (χ0) is 14.2. The maximum atomic E-state index is 13.4. The van der Waals surface area contributed by atoms with Crippen LogP contribution in [0.3, 0.4) is 0 Å². The normalized spacial score (nSPS) is 11.6. The third-order valence-electron chi connectivity index (χ3n) is 2.33. The minimum Gasteiger partial charge on any atom is -0.384 e. The van der Waals surface area contributed by atoms with Gasteiger partial charge in [-0.1, -0.05) is 6.07 Å². The zero-order valence-electron chi connectivity index (χ0n) is 9.37. The van der Waals surface area contributed by atoms with Crippen molar-refractivity contribution in [1.29, 1.82) is 0 Å². The summed E-state index contributed by atoms with van der Waals surface area (Å²) in [6.07, 6.45) is -4.74. The minimum atomic E-state index is -4.74. The number of hydrogen-bond acceptors (Lipinski definition) is 4. The summed E-state index contributed by atoms with van der Waals surface area (Å²) in [6.45, 7) is 0. The van der Waals surface area contributed by atoms with Gasteiger partial charge in [0, 0.05) is 11.6 Å². The van der Waals surface area contributed by atoms with E-state index in [-0.39, 0.29) is 23.0 Å². The fraction of sp³-hybridized carbons (Fsp3) is 0.0909. The Bertz CT molecular complexity index is 604. The first-order valence-corrected chi connectivity index (χ1v) is 5.04. The molecule has 4 nitrogen and oxygen atoms in total. The Morgan fingerprint density at radius 3 is 2.21 bits per heavy atom. The highest BCUT2D eigenvalue weighted by Crippen LogP contribution is 2.33. The molecule has 0 aliphatic rings. The molecule has 0 bridgehead atoms. The van der Waals surface area contributed by atoms with Gasteiger partial charge in [0.25, 0.3) is 0 Å². The van der Waals surface area contributed by atoms with E-state index in [1.54, 1.807) is 0 Å². The number of nitrogen functional groups attached to an aromatic ring is 2. The number of nitrogens with two attached hydrogens (primary N) is 2. The van der Waals surface area contributed by atoms with Gasteiger partial charge in [0.15, 0.2) is 0 Å². The van der Waals surface area contributed by atoms with Crippen LogP contribution in [0.5, 0.6) is 0 Å². The molecule has 0 aliphatic carbocycles. The molecule has 0 atom stereocenters. The van der Waals surface area contributed by atoms with Gasteiger partial charge >= 0.3 is 6.18 Å². The van der Waals surface area contributed by atoms with E-state index in [4.69, 9.17) is 11.5 Å². The van der Waals surface area contributed by atoms with Gasteiger partial charge in [0.1, 0.15) is 11.6 Å². The molecule has 0 fully saturated rings. The van der Waals surface area contributed by atoms with E-state index >= 15 is 0 Å². The standard InChI is InChI=1S/C11H8F4N4/c12-7-3-5(1-2-6(7)11(13,14)15)8-4-9(16)19-10(17)18-8/h1-4H,(H4,16,17,18,19). The quantitative estimate of drug-likeness (QED) is 0.782. The second kappa shape index (κ2) is 4.38. The average molecular weight is 272 g/mol. The molecule has 0 amide bonds. The molecule has 4 N–H and O–H groups in total. The predicted molar refractivity (Wildman–Crippen MR) is 61.3 cm³/mol. The van der Waals surface area contributed by atoms with E-state index in [0.29, 0.717) is 6.07 Å². The summed E-state index contributed by atoms with van der Waals surface area (Å²) in [5.41, 5.74) is 9.73. The van der Waals surface area contributed by atoms with Crippen molar-refractivity contribution in [3.8, 4) is 11.3 Å². The molecule has 100 valence electrons. The number of alkyl halides is 3. The second-order valence-electron chi connectivity index (χ2n) is 3.73. The van der Waals surface area contributed by atoms with Gasteiger partial charge in [0.05, 0.1) is 11.3 Å². The van der Waals surface area contributed by atoms with E-state index in [2.05, 4.69) is 9.97 Å². The third-order valence-corrected chi connectivity index (χ3v) is 2.33. The van der Waals surface area contributed by atoms with Crippen molar-refractivity contribution in [3.63, 3.8) is 0 Å². The first-order valence-electron chi connectivity index (χ1n) is 5.04. The lowest BCUT2D eigenvalue weighted by molar-refractivity contribution is -0.139. The molecule has 0 saturated heterocycles. The molecule has 2 rings (SSSR count). The molecule has 19 heavy (non-hydrogen) atoms. The lowest BCUT2D eigenvalue weighted by Crippen LogP contribution is -2.08. The minimum absolute atomic E-state index is 0.0443. The SMILES string of the molecule is Nc1cc(-c2ccc(C(F)(F)F)c(F)c2)nc(N)n1. The molecule has 1 aromatic heterocycles. The van der Waals surface area contributed by atoms with Crippen LogP contribution in [0.4, 0.5) is 29.3 Å². The van der Waals surface area contributed by atoms with E-state index in [9.17, 15) is 17.6 Å². The first-order chi connectivity index (χ1) is 8.77. The Morgan fingerprint density at radius 2 is 1.68 bits per heavy atom. The van der Waals surface area contributed by atoms with Crippen LogP contribution in [0, 0.1) is 5.82 Å². The van der Waals surface area contributed by atoms with E-state index in [1.807, 2.05) is 0 Å². The fourth-order valence-electron chi connectivity index (χ4n) is 1.54. The van der Waals surface area contributed by atoms with Crippen molar-refractivity contribution >= 4 is 11.8 Å². The fourth-order valence-corrected chi connectivity index (χ4v) is 1.54. The van der Waals surface area contributed by atoms with Gasteiger partial charge in [-0.15, -0.1) is 0 Å². The maximum Gasteiger partial charge on any atom is 0.419 e. The molecule has 0 unspecified atom stereocenters. The first kappa shape index (κ1) is 13.1. The summed E-state index contributed by atoms with van der Waals surface area (Å²) in [7, 11) is 0. The van der Waals surface area contributed by atoms with Crippen LogP contribution in [0.1, 0.15) is 5.56 Å². The number of rotatable bonds is 1. The lowest BCUT2D eigenvalue weighted by atomic mass is 10.1. The van der Waals surface area contributed by atoms with E-state index in [0.717, 1.165) is 12.1 Å². The van der Waals surface area contributed by atoms with Crippen molar-refractivity contribution < 1.29 is 17.6 Å². The topological polar surface area (TPSA) is 77.8 Å². The van der Waals surface area contributed by atoms with Gasteiger partial charge in [0.2, 0.25) is 5.95 Å². The number of aromatic nitrogens is 2. The Hall–Kier alpha value is -2.38. The second-order valence-corrected chi connectivity index (χ2v) is 3.73. The highest BCUT2D eigenvalue weighted by atomic mass is 19.4. The largest absolute Gasteiger partial charge is 0.419 e. The summed E-state index contributed by atoms with van der Waals surface area (Å²) >= 11 is 0. The Labute approximate surface area is 105 Å². The monoisotopic (exact) mass is 272 g/mol. The summed E-state index contributed by atoms with van der Waals surface area (Å²) in [5.74, 6) is -1.49. The Morgan fingerprint density at radius 1 is 1.00 bits per heavy atom. The average Bonchev–Trinajstić information content (AvgIpc) is 2.25. The van der Waals surface area contributed by atoms with Crippen molar-refractivity contribution in [3.05, 3.63) is 35.6 Å². The Kier molecular flexibility index (Phi) is 3.01. The molecule has 0 radical (unpaired) electrons. The van der Waals surface area contributed by atoms with Gasteiger partial charge < -0.3 is 11.5 Å². The molecule has 8 heteroatoms. The van der Waals surface area contributed by atoms with Gasteiger partial charge in [-0.25, -0.2) is 9.37 Å². The van der Waals surface area contributed by atoms with Crippen LogP contribution in [0.2, 0.25) is 0 Å². The van der Waals surface area contributed by atoms with Crippen LogP contribution < -0.4 is 11.5 Å². The number of benzene rings is 1. The smallest absolute Gasteiger partial charge is 0.384 e. The number of anilines is 2. The highest BCUT2D eigenvalue weighted by molar-refractivity contribution is 5.63. The molecule has 0 aliphatic heterocycles. The third kappa shape index (κ3) is 2.72. The van der Waals surface area contributed by atoms with Crippen LogP contribution >= 0.6 is 0 Å². The highest BCUT2D eigenvalue weighted by Gasteiger charge is 2.34. The maximum absolute atomic E-state index is 13.4. The van der Waals surface area contributed by atoms with E-state index in [1.165, 1.54) is 6.07 Å². The van der Waals surface area contributed by atoms with Crippen molar-refractivity contribution in [2.75, 3.05) is 11.5 Å². The number of nitrogens with zero attached hydrogens (tertiary/aromatic N) is 2. The van der Waals surface area contributed by atoms with Crippen LogP contribution in [-0.2, 0) is 6.18 Å². The number of hydrogen-bond donors (Lipinski definition) is 2. The van der Waals surface area contributed by atoms with Crippen LogP contribution in [-0.4, -0.2) is 9.97 Å². The van der Waals surface area contributed by atoms with E-state index < -0.39 is 17.6 Å². The van der Waals surface area contributed by atoms with Crippen LogP contribution in [0.25, 0.3) is 11.3 Å². The molecule has 2 aromatic rings.